The fraction of sp³-hybridized carbons (Fsp3) is 0.588. The lowest BCUT2D eigenvalue weighted by atomic mass is 10.1. The molecule has 1 saturated heterocycles. The summed E-state index contributed by atoms with van der Waals surface area (Å²) in [6, 6.07) is 6.01. The number of benzene rings is 1. The summed E-state index contributed by atoms with van der Waals surface area (Å²) in [5.74, 6) is 0.0937. The van der Waals surface area contributed by atoms with Crippen LogP contribution in [0.2, 0.25) is 0 Å². The minimum atomic E-state index is -3.60. The van der Waals surface area contributed by atoms with Crippen LogP contribution in [0.5, 0.6) is 0 Å². The zero-order valence-electron chi connectivity index (χ0n) is 14.2. The molecule has 2 unspecified atom stereocenters. The molecule has 0 radical (unpaired) electrons. The zero-order chi connectivity index (χ0) is 17.9. The van der Waals surface area contributed by atoms with Crippen molar-refractivity contribution in [3.8, 4) is 0 Å². The highest BCUT2D eigenvalue weighted by atomic mass is 32.2. The molecule has 1 aromatic carbocycles. The van der Waals surface area contributed by atoms with Crippen molar-refractivity contribution in [2.75, 3.05) is 32.8 Å². The lowest BCUT2D eigenvalue weighted by Gasteiger charge is -2.26. The molecule has 2 fully saturated rings. The monoisotopic (exact) mass is 367 g/mol. The molecule has 3 N–H and O–H groups in total. The van der Waals surface area contributed by atoms with E-state index in [2.05, 4.69) is 4.72 Å². The highest BCUT2D eigenvalue weighted by Gasteiger charge is 2.30. The summed E-state index contributed by atoms with van der Waals surface area (Å²) in [6.45, 7) is 2.67. The number of rotatable bonds is 5. The van der Waals surface area contributed by atoms with Gasteiger partial charge in [-0.3, -0.25) is 4.79 Å². The van der Waals surface area contributed by atoms with Crippen LogP contribution in [0.25, 0.3) is 0 Å². The van der Waals surface area contributed by atoms with Gasteiger partial charge in [-0.1, -0.05) is 6.42 Å². The fourth-order valence-electron chi connectivity index (χ4n) is 3.47. The molecule has 1 aliphatic heterocycles. The molecular weight excluding hydrogens is 342 g/mol. The number of carbonyl (C=O) groups excluding carboxylic acids is 1. The summed E-state index contributed by atoms with van der Waals surface area (Å²) >= 11 is 0. The van der Waals surface area contributed by atoms with Gasteiger partial charge in [0.2, 0.25) is 10.0 Å². The van der Waals surface area contributed by atoms with Crippen molar-refractivity contribution in [3.63, 3.8) is 0 Å². The number of hydrogen-bond donors (Lipinski definition) is 2. The SMILES string of the molecule is NCC1CCCC1NS(=O)(=O)c1ccc(C(=O)N2CCOCC2)cc1. The Morgan fingerprint density at radius 2 is 1.88 bits per heavy atom. The molecule has 2 aliphatic rings. The molecule has 1 heterocycles. The van der Waals surface area contributed by atoms with Crippen molar-refractivity contribution >= 4 is 15.9 Å². The number of carbonyl (C=O) groups is 1. The van der Waals surface area contributed by atoms with Crippen LogP contribution in [0.4, 0.5) is 0 Å². The summed E-state index contributed by atoms with van der Waals surface area (Å²) in [5, 5.41) is 0. The number of morpholine rings is 1. The zero-order valence-corrected chi connectivity index (χ0v) is 15.0. The first-order chi connectivity index (χ1) is 12.0. The van der Waals surface area contributed by atoms with E-state index in [-0.39, 0.29) is 22.8 Å². The van der Waals surface area contributed by atoms with E-state index in [0.29, 0.717) is 38.4 Å². The first-order valence-corrected chi connectivity index (χ1v) is 10.2. The third-order valence-corrected chi connectivity index (χ3v) is 6.48. The van der Waals surface area contributed by atoms with E-state index in [4.69, 9.17) is 10.5 Å². The number of hydrogen-bond acceptors (Lipinski definition) is 5. The topological polar surface area (TPSA) is 102 Å². The van der Waals surface area contributed by atoms with Crippen LogP contribution in [0.3, 0.4) is 0 Å². The summed E-state index contributed by atoms with van der Waals surface area (Å²) in [4.78, 5) is 14.3. The van der Waals surface area contributed by atoms with Crippen LogP contribution in [-0.4, -0.2) is 58.1 Å². The van der Waals surface area contributed by atoms with E-state index in [9.17, 15) is 13.2 Å². The van der Waals surface area contributed by atoms with Crippen LogP contribution in [0.1, 0.15) is 29.6 Å². The van der Waals surface area contributed by atoms with Gasteiger partial charge < -0.3 is 15.4 Å². The Morgan fingerprint density at radius 3 is 2.52 bits per heavy atom. The smallest absolute Gasteiger partial charge is 0.254 e. The molecule has 8 heteroatoms. The minimum Gasteiger partial charge on any atom is -0.378 e. The van der Waals surface area contributed by atoms with Gasteiger partial charge in [0.05, 0.1) is 18.1 Å². The third kappa shape index (κ3) is 4.20. The van der Waals surface area contributed by atoms with E-state index in [0.717, 1.165) is 19.3 Å². The molecule has 2 atom stereocenters. The van der Waals surface area contributed by atoms with Crippen molar-refractivity contribution in [1.82, 2.24) is 9.62 Å². The minimum absolute atomic E-state index is 0.0980. The Kier molecular flexibility index (Phi) is 5.73. The van der Waals surface area contributed by atoms with E-state index in [1.54, 1.807) is 17.0 Å². The summed E-state index contributed by atoms with van der Waals surface area (Å²) in [6.07, 6.45) is 2.76. The number of ether oxygens (including phenoxy) is 1. The maximum Gasteiger partial charge on any atom is 0.254 e. The first-order valence-electron chi connectivity index (χ1n) is 8.71. The van der Waals surface area contributed by atoms with Gasteiger partial charge in [-0.15, -0.1) is 0 Å². The van der Waals surface area contributed by atoms with Crippen LogP contribution < -0.4 is 10.5 Å². The molecule has 0 spiro atoms. The quantitative estimate of drug-likeness (QED) is 0.792. The lowest BCUT2D eigenvalue weighted by Crippen LogP contribution is -2.41. The molecule has 138 valence electrons. The van der Waals surface area contributed by atoms with Gasteiger partial charge in [-0.25, -0.2) is 13.1 Å². The van der Waals surface area contributed by atoms with E-state index >= 15 is 0 Å². The number of sulfonamides is 1. The predicted molar refractivity (Wildman–Crippen MR) is 93.7 cm³/mol. The number of nitrogens with zero attached hydrogens (tertiary/aromatic N) is 1. The average Bonchev–Trinajstić information content (AvgIpc) is 3.08. The van der Waals surface area contributed by atoms with Gasteiger partial charge in [0, 0.05) is 24.7 Å². The Morgan fingerprint density at radius 1 is 1.20 bits per heavy atom. The second-order valence-electron chi connectivity index (χ2n) is 6.58. The maximum atomic E-state index is 12.6. The van der Waals surface area contributed by atoms with Crippen LogP contribution >= 0.6 is 0 Å². The van der Waals surface area contributed by atoms with Crippen LogP contribution in [-0.2, 0) is 14.8 Å². The molecule has 1 saturated carbocycles. The second-order valence-corrected chi connectivity index (χ2v) is 8.30. The number of nitrogens with one attached hydrogen (secondary N) is 1. The van der Waals surface area contributed by atoms with Gasteiger partial charge in [0.15, 0.2) is 0 Å². The molecule has 25 heavy (non-hydrogen) atoms. The summed E-state index contributed by atoms with van der Waals surface area (Å²) < 4.78 is 33.1. The van der Waals surface area contributed by atoms with Gasteiger partial charge in [0.1, 0.15) is 0 Å². The number of amides is 1. The van der Waals surface area contributed by atoms with Crippen molar-refractivity contribution in [2.24, 2.45) is 11.7 Å². The predicted octanol–water partition coefficient (Wildman–Crippen LogP) is 0.565. The summed E-state index contributed by atoms with van der Waals surface area (Å²) in [5.41, 5.74) is 6.21. The fourth-order valence-corrected chi connectivity index (χ4v) is 4.81. The summed E-state index contributed by atoms with van der Waals surface area (Å²) in [7, 11) is -3.60. The largest absolute Gasteiger partial charge is 0.378 e. The molecule has 1 aliphatic carbocycles. The first kappa shape index (κ1) is 18.3. The molecule has 1 aromatic rings. The molecule has 0 bridgehead atoms. The van der Waals surface area contributed by atoms with Gasteiger partial charge in [0.25, 0.3) is 5.91 Å². The Bertz CT molecular complexity index is 699. The van der Waals surface area contributed by atoms with E-state index in [1.165, 1.54) is 12.1 Å². The number of nitrogens with two attached hydrogens (primary N) is 1. The van der Waals surface area contributed by atoms with Crippen molar-refractivity contribution in [3.05, 3.63) is 29.8 Å². The Balaban J connectivity index is 1.69. The highest BCUT2D eigenvalue weighted by molar-refractivity contribution is 7.89. The third-order valence-electron chi connectivity index (χ3n) is 4.98. The van der Waals surface area contributed by atoms with E-state index < -0.39 is 10.0 Å². The van der Waals surface area contributed by atoms with E-state index in [1.807, 2.05) is 0 Å². The molecule has 3 rings (SSSR count). The lowest BCUT2D eigenvalue weighted by molar-refractivity contribution is 0.0303. The molecule has 7 nitrogen and oxygen atoms in total. The van der Waals surface area contributed by atoms with Crippen molar-refractivity contribution in [1.29, 1.82) is 0 Å². The van der Waals surface area contributed by atoms with Gasteiger partial charge in [-0.05, 0) is 49.6 Å². The average molecular weight is 367 g/mol. The van der Waals surface area contributed by atoms with Gasteiger partial charge in [-0.2, -0.15) is 0 Å². The van der Waals surface area contributed by atoms with Gasteiger partial charge >= 0.3 is 0 Å². The normalized spacial score (nSPS) is 24.4. The van der Waals surface area contributed by atoms with Crippen LogP contribution in [0.15, 0.2) is 29.2 Å². The highest BCUT2D eigenvalue weighted by Crippen LogP contribution is 2.26. The molecule has 0 aromatic heterocycles. The van der Waals surface area contributed by atoms with Crippen LogP contribution in [0, 0.1) is 5.92 Å². The Hall–Kier alpha value is -1.48. The molecular formula is C17H25N3O4S. The molecule has 1 amide bonds. The van der Waals surface area contributed by atoms with Crippen molar-refractivity contribution in [2.45, 2.75) is 30.2 Å². The maximum absolute atomic E-state index is 12.6. The Labute approximate surface area is 148 Å². The second kappa shape index (κ2) is 7.82. The van der Waals surface area contributed by atoms with Crippen molar-refractivity contribution < 1.29 is 17.9 Å². The standard InChI is InChI=1S/C17H25N3O4S/c18-12-14-2-1-3-16(14)19-25(22,23)15-6-4-13(5-7-15)17(21)20-8-10-24-11-9-20/h4-7,14,16,19H,1-3,8-12,18H2.